The van der Waals surface area contributed by atoms with E-state index in [1.54, 1.807) is 6.92 Å². The fourth-order valence-electron chi connectivity index (χ4n) is 2.45. The Balaban J connectivity index is 1.97. The molecule has 24 heavy (non-hydrogen) atoms. The third-order valence-corrected chi connectivity index (χ3v) is 4.47. The van der Waals surface area contributed by atoms with Gasteiger partial charge in [-0.15, -0.1) is 0 Å². The highest BCUT2D eigenvalue weighted by molar-refractivity contribution is 5.76. The quantitative estimate of drug-likeness (QED) is 0.458. The van der Waals surface area contributed by atoms with Crippen molar-refractivity contribution in [3.63, 3.8) is 0 Å². The summed E-state index contributed by atoms with van der Waals surface area (Å²) < 4.78 is 11.2. The molecule has 1 saturated heterocycles. The van der Waals surface area contributed by atoms with Gasteiger partial charge in [-0.2, -0.15) is 0 Å². The molecule has 128 valence electrons. The Hall–Kier alpha value is -2.12. The maximum absolute atomic E-state index is 11.8. The van der Waals surface area contributed by atoms with E-state index in [2.05, 4.69) is 11.8 Å². The van der Waals surface area contributed by atoms with Crippen LogP contribution in [-0.4, -0.2) is 24.5 Å². The van der Waals surface area contributed by atoms with E-state index < -0.39 is 6.10 Å². The average Bonchev–Trinajstić information content (AvgIpc) is 2.87. The van der Waals surface area contributed by atoms with Gasteiger partial charge in [0.1, 0.15) is 12.4 Å². The molecular formula is C20H24O4. The van der Waals surface area contributed by atoms with Crippen molar-refractivity contribution in [3.05, 3.63) is 35.9 Å². The molecule has 1 aromatic carbocycles. The van der Waals surface area contributed by atoms with E-state index in [1.165, 1.54) is 0 Å². The lowest BCUT2D eigenvalue weighted by Crippen LogP contribution is -2.28. The number of carbonyl (C=O) groups excluding carboxylic acids is 2. The first-order valence-electron chi connectivity index (χ1n) is 8.32. The van der Waals surface area contributed by atoms with Gasteiger partial charge in [0.25, 0.3) is 0 Å². The Labute approximate surface area is 143 Å². The van der Waals surface area contributed by atoms with E-state index in [0.29, 0.717) is 13.0 Å². The van der Waals surface area contributed by atoms with Gasteiger partial charge in [-0.1, -0.05) is 56.0 Å². The van der Waals surface area contributed by atoms with Crippen LogP contribution in [0.25, 0.3) is 0 Å². The summed E-state index contributed by atoms with van der Waals surface area (Å²) in [5, 5.41) is 0. The minimum absolute atomic E-state index is 0.0329. The second kappa shape index (κ2) is 8.65. The Morgan fingerprint density at radius 1 is 1.29 bits per heavy atom. The summed E-state index contributed by atoms with van der Waals surface area (Å²) >= 11 is 0. The second-order valence-corrected chi connectivity index (χ2v) is 6.41. The molecule has 0 bridgehead atoms. The predicted molar refractivity (Wildman–Crippen MR) is 90.8 cm³/mol. The van der Waals surface area contributed by atoms with E-state index in [9.17, 15) is 9.59 Å². The van der Waals surface area contributed by atoms with Crippen molar-refractivity contribution >= 4 is 12.3 Å². The first-order valence-corrected chi connectivity index (χ1v) is 8.32. The maximum atomic E-state index is 11.8. The molecule has 0 amide bonds. The molecule has 0 aliphatic carbocycles. The van der Waals surface area contributed by atoms with Gasteiger partial charge >= 0.3 is 5.97 Å². The van der Waals surface area contributed by atoms with Gasteiger partial charge in [-0.25, -0.2) is 0 Å². The summed E-state index contributed by atoms with van der Waals surface area (Å²) in [5.41, 5.74) is 1.05. The standard InChI is InChI=1S/C20H24O4/c1-14(15(2)12-21)8-7-11-18-19(16(3)20(22)24-18)23-13-17-9-5-4-6-10-17/h4-6,9-10,12,14-16,18-19H,8,13H2,1-3H3/t14-,15-,16-,18-,19-/m1/s1. The molecule has 4 heteroatoms. The maximum Gasteiger partial charge on any atom is 0.312 e. The predicted octanol–water partition coefficient (Wildman–Crippen LogP) is 3.00. The summed E-state index contributed by atoms with van der Waals surface area (Å²) in [6, 6.07) is 9.80. The minimum atomic E-state index is -0.546. The lowest BCUT2D eigenvalue weighted by Gasteiger charge is -2.16. The number of aldehydes is 1. The van der Waals surface area contributed by atoms with Crippen molar-refractivity contribution in [1.29, 1.82) is 0 Å². The SMILES string of the molecule is C[C@H](C=O)[C@H](C)CC#C[C@H]1OC(=O)[C@H](C)[C@H]1OCc1ccccc1. The summed E-state index contributed by atoms with van der Waals surface area (Å²) in [6.45, 7) is 6.09. The van der Waals surface area contributed by atoms with Gasteiger partial charge in [0.2, 0.25) is 0 Å². The zero-order valence-electron chi connectivity index (χ0n) is 14.4. The number of benzene rings is 1. The monoisotopic (exact) mass is 328 g/mol. The fourth-order valence-corrected chi connectivity index (χ4v) is 2.45. The zero-order chi connectivity index (χ0) is 17.5. The molecule has 0 radical (unpaired) electrons. The highest BCUT2D eigenvalue weighted by Gasteiger charge is 2.42. The normalized spacial score (nSPS) is 25.3. The van der Waals surface area contributed by atoms with Crippen molar-refractivity contribution in [1.82, 2.24) is 0 Å². The molecule has 1 aliphatic rings. The molecule has 1 heterocycles. The van der Waals surface area contributed by atoms with E-state index in [4.69, 9.17) is 9.47 Å². The van der Waals surface area contributed by atoms with Crippen molar-refractivity contribution in [2.45, 2.75) is 46.0 Å². The van der Waals surface area contributed by atoms with Crippen LogP contribution in [-0.2, 0) is 25.7 Å². The highest BCUT2D eigenvalue weighted by Crippen LogP contribution is 2.25. The lowest BCUT2D eigenvalue weighted by atomic mass is 9.94. The molecule has 0 aromatic heterocycles. The number of esters is 1. The van der Waals surface area contributed by atoms with Crippen LogP contribution in [0, 0.1) is 29.6 Å². The van der Waals surface area contributed by atoms with Crippen LogP contribution in [0.15, 0.2) is 30.3 Å². The fraction of sp³-hybridized carbons (Fsp3) is 0.500. The molecule has 1 aromatic rings. The van der Waals surface area contributed by atoms with Crippen molar-refractivity contribution in [2.24, 2.45) is 17.8 Å². The van der Waals surface area contributed by atoms with Gasteiger partial charge in [-0.3, -0.25) is 4.79 Å². The highest BCUT2D eigenvalue weighted by atomic mass is 16.6. The van der Waals surface area contributed by atoms with Gasteiger partial charge in [0, 0.05) is 12.3 Å². The lowest BCUT2D eigenvalue weighted by molar-refractivity contribution is -0.142. The van der Waals surface area contributed by atoms with Crippen molar-refractivity contribution in [2.75, 3.05) is 0 Å². The number of cyclic esters (lactones) is 1. The molecule has 0 saturated carbocycles. The number of hydrogen-bond donors (Lipinski definition) is 0. The third-order valence-electron chi connectivity index (χ3n) is 4.47. The first-order chi connectivity index (χ1) is 11.5. The van der Waals surface area contributed by atoms with Crippen LogP contribution in [0.1, 0.15) is 32.8 Å². The van der Waals surface area contributed by atoms with Crippen LogP contribution in [0.2, 0.25) is 0 Å². The van der Waals surface area contributed by atoms with Crippen LogP contribution >= 0.6 is 0 Å². The minimum Gasteiger partial charge on any atom is -0.446 e. The van der Waals surface area contributed by atoms with Crippen LogP contribution < -0.4 is 0 Å². The molecular weight excluding hydrogens is 304 g/mol. The van der Waals surface area contributed by atoms with E-state index >= 15 is 0 Å². The largest absolute Gasteiger partial charge is 0.446 e. The summed E-state index contributed by atoms with van der Waals surface area (Å²) in [5.74, 6) is 5.58. The molecule has 2 rings (SSSR count). The van der Waals surface area contributed by atoms with Crippen molar-refractivity contribution < 1.29 is 19.1 Å². The number of carbonyl (C=O) groups is 2. The average molecular weight is 328 g/mol. The molecule has 0 unspecified atom stereocenters. The Morgan fingerprint density at radius 3 is 2.67 bits per heavy atom. The topological polar surface area (TPSA) is 52.6 Å². The molecule has 4 nitrogen and oxygen atoms in total. The zero-order valence-corrected chi connectivity index (χ0v) is 14.4. The summed E-state index contributed by atoms with van der Waals surface area (Å²) in [6.07, 6.45) is 0.614. The third kappa shape index (κ3) is 4.69. The Bertz CT molecular complexity index is 614. The van der Waals surface area contributed by atoms with Crippen LogP contribution in [0.4, 0.5) is 0 Å². The molecule has 0 N–H and O–H groups in total. The number of rotatable bonds is 6. The number of ether oxygens (including phenoxy) is 2. The molecule has 1 fully saturated rings. The first kappa shape index (κ1) is 18.2. The summed E-state index contributed by atoms with van der Waals surface area (Å²) in [4.78, 5) is 22.6. The summed E-state index contributed by atoms with van der Waals surface area (Å²) in [7, 11) is 0. The van der Waals surface area contributed by atoms with Gasteiger partial charge in [0.05, 0.1) is 12.5 Å². The van der Waals surface area contributed by atoms with Gasteiger partial charge in [0.15, 0.2) is 6.10 Å². The van der Waals surface area contributed by atoms with Crippen LogP contribution in [0.5, 0.6) is 0 Å². The molecule has 1 aliphatic heterocycles. The van der Waals surface area contributed by atoms with Gasteiger partial charge in [-0.05, 0) is 18.4 Å². The molecule has 5 atom stereocenters. The van der Waals surface area contributed by atoms with E-state index in [-0.39, 0.29) is 29.8 Å². The molecule has 0 spiro atoms. The second-order valence-electron chi connectivity index (χ2n) is 6.41. The van der Waals surface area contributed by atoms with Gasteiger partial charge < -0.3 is 14.3 Å². The number of hydrogen-bond acceptors (Lipinski definition) is 4. The smallest absolute Gasteiger partial charge is 0.312 e. The Morgan fingerprint density at radius 2 is 2.00 bits per heavy atom. The van der Waals surface area contributed by atoms with E-state index in [0.717, 1.165) is 11.8 Å². The van der Waals surface area contributed by atoms with E-state index in [1.807, 2.05) is 44.2 Å². The van der Waals surface area contributed by atoms with Crippen LogP contribution in [0.3, 0.4) is 0 Å². The Kier molecular flexibility index (Phi) is 6.57. The van der Waals surface area contributed by atoms with Crippen molar-refractivity contribution in [3.8, 4) is 11.8 Å².